The Balaban J connectivity index is 0.00000338. The number of nitrogens with one attached hydrogen (secondary N) is 2. The normalized spacial score (nSPS) is 20.4. The number of ether oxygens (including phenoxy) is 1. The summed E-state index contributed by atoms with van der Waals surface area (Å²) in [5.74, 6) is 1.65. The average molecular weight is 502 g/mol. The molecule has 0 amide bonds. The van der Waals surface area contributed by atoms with Crippen molar-refractivity contribution in [3.05, 3.63) is 0 Å². The third kappa shape index (κ3) is 8.71. The summed E-state index contributed by atoms with van der Waals surface area (Å²) in [5, 5.41) is 6.39. The molecule has 9 heteroatoms. The summed E-state index contributed by atoms with van der Waals surface area (Å²) in [5.41, 5.74) is 0. The van der Waals surface area contributed by atoms with Gasteiger partial charge in [0.1, 0.15) is 0 Å². The lowest BCUT2D eigenvalue weighted by atomic mass is 9.86. The van der Waals surface area contributed by atoms with E-state index in [2.05, 4.69) is 15.6 Å². The molecule has 0 unspecified atom stereocenters. The first-order valence-corrected chi connectivity index (χ1v) is 11.2. The first-order valence-electron chi connectivity index (χ1n) is 9.62. The first-order chi connectivity index (χ1) is 12.1. The Labute approximate surface area is 175 Å². The van der Waals surface area contributed by atoms with Gasteiger partial charge in [0.25, 0.3) is 0 Å². The van der Waals surface area contributed by atoms with Gasteiger partial charge < -0.3 is 15.4 Å². The molecule has 1 heterocycles. The van der Waals surface area contributed by atoms with Crippen LogP contribution in [0.5, 0.6) is 0 Å². The van der Waals surface area contributed by atoms with Crippen molar-refractivity contribution in [2.24, 2.45) is 10.9 Å². The average Bonchev–Trinajstić information content (AvgIpc) is 2.65. The van der Waals surface area contributed by atoms with Crippen LogP contribution in [0.15, 0.2) is 4.99 Å². The Morgan fingerprint density at radius 2 is 1.77 bits per heavy atom. The van der Waals surface area contributed by atoms with E-state index in [0.717, 1.165) is 18.9 Å². The number of rotatable bonds is 8. The molecule has 1 aliphatic heterocycles. The molecule has 2 N–H and O–H groups in total. The smallest absolute Gasteiger partial charge is 0.215 e. The van der Waals surface area contributed by atoms with Crippen molar-refractivity contribution in [2.45, 2.75) is 44.9 Å². The van der Waals surface area contributed by atoms with Crippen LogP contribution >= 0.6 is 24.0 Å². The minimum Gasteiger partial charge on any atom is -0.379 e. The molecule has 2 fully saturated rings. The van der Waals surface area contributed by atoms with Gasteiger partial charge in [0, 0.05) is 33.2 Å². The maximum absolute atomic E-state index is 12.3. The quantitative estimate of drug-likeness (QED) is 0.229. The zero-order chi connectivity index (χ0) is 18.0. The lowest BCUT2D eigenvalue weighted by molar-refractivity contribution is 0.0730. The van der Waals surface area contributed by atoms with E-state index in [1.54, 1.807) is 7.05 Å². The van der Waals surface area contributed by atoms with Gasteiger partial charge in [0.2, 0.25) is 10.0 Å². The van der Waals surface area contributed by atoms with Gasteiger partial charge in [-0.1, -0.05) is 32.1 Å². The Morgan fingerprint density at radius 1 is 1.12 bits per heavy atom. The number of aliphatic imine (C=N–C) groups is 1. The van der Waals surface area contributed by atoms with E-state index in [1.165, 1.54) is 42.8 Å². The molecule has 26 heavy (non-hydrogen) atoms. The van der Waals surface area contributed by atoms with Crippen LogP contribution in [-0.4, -0.2) is 70.9 Å². The fourth-order valence-electron chi connectivity index (χ4n) is 3.55. The number of hydrogen-bond acceptors (Lipinski definition) is 4. The number of nitrogens with zero attached hydrogens (tertiary/aromatic N) is 2. The fraction of sp³-hybridized carbons (Fsp3) is 0.941. The van der Waals surface area contributed by atoms with E-state index < -0.39 is 10.0 Å². The molecule has 0 aromatic rings. The lowest BCUT2D eigenvalue weighted by Crippen LogP contribution is -2.45. The van der Waals surface area contributed by atoms with Crippen molar-refractivity contribution in [1.29, 1.82) is 0 Å². The van der Waals surface area contributed by atoms with E-state index in [4.69, 9.17) is 4.74 Å². The molecule has 1 aliphatic carbocycles. The molecule has 0 spiro atoms. The molecule has 0 radical (unpaired) electrons. The highest BCUT2D eigenvalue weighted by molar-refractivity contribution is 14.0. The highest BCUT2D eigenvalue weighted by Crippen LogP contribution is 2.26. The number of guanidine groups is 1. The van der Waals surface area contributed by atoms with Crippen LogP contribution in [0.1, 0.15) is 44.9 Å². The van der Waals surface area contributed by atoms with Crippen LogP contribution in [0, 0.1) is 5.92 Å². The Kier molecular flexibility index (Phi) is 12.1. The van der Waals surface area contributed by atoms with Crippen LogP contribution in [-0.2, 0) is 14.8 Å². The molecule has 0 bridgehead atoms. The molecule has 1 saturated carbocycles. The van der Waals surface area contributed by atoms with Gasteiger partial charge in [-0.3, -0.25) is 4.99 Å². The van der Waals surface area contributed by atoms with Crippen molar-refractivity contribution in [1.82, 2.24) is 14.9 Å². The van der Waals surface area contributed by atoms with E-state index in [0.29, 0.717) is 38.8 Å². The molecule has 0 aromatic carbocycles. The highest BCUT2D eigenvalue weighted by atomic mass is 127. The first kappa shape index (κ1) is 23.9. The molecule has 2 rings (SSSR count). The van der Waals surface area contributed by atoms with Gasteiger partial charge in [-0.05, 0) is 18.8 Å². The van der Waals surface area contributed by atoms with E-state index in [-0.39, 0.29) is 29.7 Å². The van der Waals surface area contributed by atoms with Gasteiger partial charge in [0.15, 0.2) is 5.96 Å². The van der Waals surface area contributed by atoms with Crippen LogP contribution in [0.3, 0.4) is 0 Å². The zero-order valence-corrected chi connectivity index (χ0v) is 19.1. The Bertz CT molecular complexity index is 504. The molecule has 1 saturated heterocycles. The monoisotopic (exact) mass is 502 g/mol. The predicted octanol–water partition coefficient (Wildman–Crippen LogP) is 1.79. The lowest BCUT2D eigenvalue weighted by Gasteiger charge is -2.26. The van der Waals surface area contributed by atoms with Gasteiger partial charge in [0.05, 0.1) is 19.0 Å². The maximum atomic E-state index is 12.3. The number of sulfonamides is 1. The van der Waals surface area contributed by atoms with Crippen LogP contribution < -0.4 is 10.6 Å². The molecule has 0 aromatic heterocycles. The van der Waals surface area contributed by atoms with Crippen molar-refractivity contribution in [2.75, 3.05) is 52.2 Å². The standard InChI is InChI=1S/C17H34N4O3S.HI/c1-18-17(19-9-5-8-16-6-3-2-4-7-16)20-10-15-25(22,23)21-11-13-24-14-12-21;/h16H,2-15H2,1H3,(H2,18,19,20);1H. The molecule has 0 atom stereocenters. The zero-order valence-electron chi connectivity index (χ0n) is 15.9. The van der Waals surface area contributed by atoms with E-state index >= 15 is 0 Å². The summed E-state index contributed by atoms with van der Waals surface area (Å²) in [4.78, 5) is 4.17. The van der Waals surface area contributed by atoms with Gasteiger partial charge in [-0.25, -0.2) is 8.42 Å². The summed E-state index contributed by atoms with van der Waals surface area (Å²) in [6.07, 6.45) is 9.35. The largest absolute Gasteiger partial charge is 0.379 e. The van der Waals surface area contributed by atoms with Gasteiger partial charge in [-0.15, -0.1) is 24.0 Å². The topological polar surface area (TPSA) is 83.0 Å². The van der Waals surface area contributed by atoms with E-state index in [1.807, 2.05) is 0 Å². The minimum atomic E-state index is -3.22. The number of halogens is 1. The number of hydrogen-bond donors (Lipinski definition) is 2. The van der Waals surface area contributed by atoms with Gasteiger partial charge in [-0.2, -0.15) is 4.31 Å². The van der Waals surface area contributed by atoms with Gasteiger partial charge >= 0.3 is 0 Å². The minimum absolute atomic E-state index is 0. The van der Waals surface area contributed by atoms with Crippen LogP contribution in [0.4, 0.5) is 0 Å². The summed E-state index contributed by atoms with van der Waals surface area (Å²) in [6, 6.07) is 0. The second kappa shape index (κ2) is 13.1. The van der Waals surface area contributed by atoms with Crippen LogP contribution in [0.25, 0.3) is 0 Å². The maximum Gasteiger partial charge on any atom is 0.215 e. The highest BCUT2D eigenvalue weighted by Gasteiger charge is 2.23. The summed E-state index contributed by atoms with van der Waals surface area (Å²) < 4.78 is 31.2. The summed E-state index contributed by atoms with van der Waals surface area (Å²) in [6.45, 7) is 3.12. The second-order valence-corrected chi connectivity index (χ2v) is 8.99. The summed E-state index contributed by atoms with van der Waals surface area (Å²) >= 11 is 0. The third-order valence-electron chi connectivity index (χ3n) is 5.05. The summed E-state index contributed by atoms with van der Waals surface area (Å²) in [7, 11) is -1.50. The van der Waals surface area contributed by atoms with Crippen molar-refractivity contribution in [3.63, 3.8) is 0 Å². The third-order valence-corrected chi connectivity index (χ3v) is 6.92. The SMILES string of the molecule is CN=C(NCCCC1CCCCC1)NCCS(=O)(=O)N1CCOCC1.I. The van der Waals surface area contributed by atoms with Crippen molar-refractivity contribution >= 4 is 40.0 Å². The van der Waals surface area contributed by atoms with Crippen LogP contribution in [0.2, 0.25) is 0 Å². The Hall–Kier alpha value is -0.130. The molecule has 154 valence electrons. The van der Waals surface area contributed by atoms with Crippen molar-refractivity contribution < 1.29 is 13.2 Å². The fourth-order valence-corrected chi connectivity index (χ4v) is 4.87. The predicted molar refractivity (Wildman–Crippen MR) is 117 cm³/mol. The molecule has 2 aliphatic rings. The second-order valence-electron chi connectivity index (χ2n) is 6.90. The number of morpholine rings is 1. The van der Waals surface area contributed by atoms with Crippen molar-refractivity contribution in [3.8, 4) is 0 Å². The molecular weight excluding hydrogens is 467 g/mol. The molecule has 7 nitrogen and oxygen atoms in total. The molecular formula is C17H35IN4O3S. The van der Waals surface area contributed by atoms with E-state index in [9.17, 15) is 8.42 Å². The Morgan fingerprint density at radius 3 is 2.42 bits per heavy atom.